The summed E-state index contributed by atoms with van der Waals surface area (Å²) in [6.07, 6.45) is 0. The van der Waals surface area contributed by atoms with Crippen LogP contribution < -0.4 is 47.9 Å². The van der Waals surface area contributed by atoms with Gasteiger partial charge in [0.1, 0.15) is 0 Å². The molecule has 0 aromatic carbocycles. The molecular weight excluding hydrogens is 578 g/mol. The van der Waals surface area contributed by atoms with Gasteiger partial charge in [0.25, 0.3) is 0 Å². The zero-order valence-corrected chi connectivity index (χ0v) is 32.1. The van der Waals surface area contributed by atoms with Crippen LogP contribution in [0.25, 0.3) is 0 Å². The molecule has 0 fully saturated rings. The van der Waals surface area contributed by atoms with Crippen molar-refractivity contribution in [3.63, 3.8) is 0 Å². The van der Waals surface area contributed by atoms with Gasteiger partial charge < -0.3 is 47.9 Å². The van der Waals surface area contributed by atoms with E-state index in [0.717, 1.165) is 118 Å². The molecule has 14 heteroatoms. The molecule has 0 heterocycles. The molecule has 9 N–H and O–H groups in total. The fourth-order valence-electron chi connectivity index (χ4n) is 3.44. The third-order valence-electron chi connectivity index (χ3n) is 6.10. The summed E-state index contributed by atoms with van der Waals surface area (Å²) in [6, 6.07) is 0. The molecule has 0 aliphatic carbocycles. The first kappa shape index (κ1) is 50.1. The van der Waals surface area contributed by atoms with Crippen LogP contribution in [0.3, 0.4) is 0 Å². The third kappa shape index (κ3) is 52.0. The first-order valence-electron chi connectivity index (χ1n) is 16.1. The van der Waals surface area contributed by atoms with Crippen LogP contribution in [0.5, 0.6) is 0 Å². The van der Waals surface area contributed by atoms with E-state index in [1.165, 1.54) is 0 Å². The number of hydrogen-bond acceptors (Lipinski definition) is 13. The Bertz CT molecular complexity index is 338. The molecule has 0 aromatic rings. The van der Waals surface area contributed by atoms with Gasteiger partial charge in [0.2, 0.25) is 0 Å². The van der Waals surface area contributed by atoms with Gasteiger partial charge in [0, 0.05) is 118 Å². The van der Waals surface area contributed by atoms with Crippen LogP contribution in [0.2, 0.25) is 0 Å². The molecule has 0 radical (unpaired) electrons. The van der Waals surface area contributed by atoms with E-state index in [1.807, 2.05) is 102 Å². The maximum absolute atomic E-state index is 3.17. The molecule has 13 nitrogen and oxygen atoms in total. The quantitative estimate of drug-likeness (QED) is 0.0415. The molecule has 260 valence electrons. The molecule has 0 saturated carbocycles. The molecule has 0 rings (SSSR count). The summed E-state index contributed by atoms with van der Waals surface area (Å²) >= 11 is 2.00. The van der Waals surface area contributed by atoms with Crippen LogP contribution in [0.4, 0.5) is 0 Å². The van der Waals surface area contributed by atoms with Gasteiger partial charge >= 0.3 is 38.2 Å². The van der Waals surface area contributed by atoms with Crippen molar-refractivity contribution in [2.45, 2.75) is 0 Å². The second-order valence-corrected chi connectivity index (χ2v) is 11.7. The van der Waals surface area contributed by atoms with E-state index in [9.17, 15) is 0 Å². The molecular formula is C29H78N13Ti+3. The van der Waals surface area contributed by atoms with Crippen molar-refractivity contribution in [1.29, 1.82) is 0 Å². The SMILES string of the molecule is CNCCN(CCNC)CCNC.CNCCN(CCNC)CCNC.CNCCN(CCNC)CCNC.C[N](C)[Ti+3]. The maximum atomic E-state index is 3.17. The molecule has 43 heavy (non-hydrogen) atoms. The number of nitrogens with one attached hydrogen (secondary N) is 9. The summed E-state index contributed by atoms with van der Waals surface area (Å²) in [5.41, 5.74) is 0. The van der Waals surface area contributed by atoms with Crippen molar-refractivity contribution in [2.75, 3.05) is 195 Å². The van der Waals surface area contributed by atoms with E-state index in [-0.39, 0.29) is 0 Å². The minimum atomic E-state index is 1.06. The van der Waals surface area contributed by atoms with Crippen molar-refractivity contribution >= 4 is 0 Å². The molecule has 0 amide bonds. The molecule has 0 aliphatic rings. The van der Waals surface area contributed by atoms with Crippen LogP contribution in [-0.2, 0) is 20.7 Å². The van der Waals surface area contributed by atoms with Crippen LogP contribution in [0.15, 0.2) is 0 Å². The first-order chi connectivity index (χ1) is 20.8. The van der Waals surface area contributed by atoms with Crippen LogP contribution in [-0.4, -0.2) is 213 Å². The fourth-order valence-corrected chi connectivity index (χ4v) is 3.44. The molecule has 0 spiro atoms. The Morgan fingerprint density at radius 3 is 0.465 bits per heavy atom. The Kier molecular flexibility index (Phi) is 54.3. The van der Waals surface area contributed by atoms with Crippen molar-refractivity contribution < 1.29 is 20.7 Å². The van der Waals surface area contributed by atoms with Crippen LogP contribution in [0.1, 0.15) is 0 Å². The Balaban J connectivity index is -0.000000249. The van der Waals surface area contributed by atoms with E-state index in [0.29, 0.717) is 0 Å². The summed E-state index contributed by atoms with van der Waals surface area (Å²) in [7, 11) is 21.9. The standard InChI is InChI=1S/3C9H24N4.C2H6N.Ti/c3*1-10-4-7-13(8-5-11-2)9-6-12-3;1-3-2;/h3*10-12H,4-9H2,1-3H3;1-2H3;/q;;;-1;+4. The van der Waals surface area contributed by atoms with Crippen molar-refractivity contribution in [3.05, 3.63) is 0 Å². The van der Waals surface area contributed by atoms with E-state index in [1.54, 1.807) is 0 Å². The monoisotopic (exact) mass is 657 g/mol. The normalized spacial score (nSPS) is 10.9. The molecule has 0 aliphatic heterocycles. The Labute approximate surface area is 281 Å². The van der Waals surface area contributed by atoms with Crippen molar-refractivity contribution in [3.8, 4) is 0 Å². The summed E-state index contributed by atoms with van der Waals surface area (Å²) in [6.45, 7) is 19.7. The second-order valence-electron chi connectivity index (χ2n) is 10.4. The van der Waals surface area contributed by atoms with E-state index >= 15 is 0 Å². The topological polar surface area (TPSA) is 121 Å². The average molecular weight is 657 g/mol. The number of rotatable bonds is 27. The van der Waals surface area contributed by atoms with Gasteiger partial charge in [-0.05, 0) is 63.4 Å². The summed E-state index contributed by atoms with van der Waals surface area (Å²) < 4.78 is 2.00. The van der Waals surface area contributed by atoms with Gasteiger partial charge in [-0.1, -0.05) is 0 Å². The number of hydrogen-bond donors (Lipinski definition) is 9. The van der Waals surface area contributed by atoms with Gasteiger partial charge in [-0.3, -0.25) is 14.7 Å². The van der Waals surface area contributed by atoms with E-state index in [2.05, 4.69) is 62.6 Å². The average Bonchev–Trinajstić information content (AvgIpc) is 3.00. The Hall–Kier alpha value is 0.194. The van der Waals surface area contributed by atoms with E-state index in [4.69, 9.17) is 0 Å². The van der Waals surface area contributed by atoms with Gasteiger partial charge in [0.05, 0.1) is 0 Å². The van der Waals surface area contributed by atoms with Crippen molar-refractivity contribution in [1.82, 2.24) is 65.9 Å². The van der Waals surface area contributed by atoms with E-state index < -0.39 is 0 Å². The van der Waals surface area contributed by atoms with Crippen LogP contribution in [0, 0.1) is 0 Å². The Morgan fingerprint density at radius 1 is 0.302 bits per heavy atom. The number of nitrogens with zero attached hydrogens (tertiary/aromatic N) is 4. The summed E-state index contributed by atoms with van der Waals surface area (Å²) in [5.74, 6) is 0. The first-order valence-corrected chi connectivity index (χ1v) is 16.8. The third-order valence-corrected chi connectivity index (χ3v) is 6.10. The van der Waals surface area contributed by atoms with Gasteiger partial charge in [-0.25, -0.2) is 0 Å². The predicted octanol–water partition coefficient (Wildman–Crippen LogP) is -3.15. The molecule has 0 aromatic heterocycles. The zero-order chi connectivity index (χ0) is 33.4. The molecule has 0 saturated heterocycles. The fraction of sp³-hybridized carbons (Fsp3) is 1.00. The molecule has 0 bridgehead atoms. The minimum absolute atomic E-state index is 1.06. The molecule has 0 atom stereocenters. The van der Waals surface area contributed by atoms with Gasteiger partial charge in [-0.2, -0.15) is 0 Å². The Morgan fingerprint density at radius 2 is 0.395 bits per heavy atom. The van der Waals surface area contributed by atoms with Crippen LogP contribution >= 0.6 is 0 Å². The summed E-state index contributed by atoms with van der Waals surface area (Å²) in [4.78, 5) is 7.34. The van der Waals surface area contributed by atoms with Crippen molar-refractivity contribution in [2.24, 2.45) is 0 Å². The van der Waals surface area contributed by atoms with Gasteiger partial charge in [0.15, 0.2) is 0 Å². The number of likely N-dealkylation sites (N-methyl/N-ethyl adjacent to an activating group) is 9. The zero-order valence-electron chi connectivity index (χ0n) is 30.5. The second kappa shape index (κ2) is 46.6. The summed E-state index contributed by atoms with van der Waals surface area (Å²) in [5, 5.41) is 28.5. The molecule has 0 unspecified atom stereocenters. The van der Waals surface area contributed by atoms with Gasteiger partial charge in [-0.15, -0.1) is 0 Å². The predicted molar refractivity (Wildman–Crippen MR) is 188 cm³/mol.